The van der Waals surface area contributed by atoms with Gasteiger partial charge >= 0.3 is 0 Å². The zero-order valence-electron chi connectivity index (χ0n) is 18.0. The van der Waals surface area contributed by atoms with E-state index in [0.29, 0.717) is 5.25 Å². The van der Waals surface area contributed by atoms with Gasteiger partial charge < -0.3 is 9.47 Å². The summed E-state index contributed by atoms with van der Waals surface area (Å²) in [6, 6.07) is 17.5. The molecule has 5 heteroatoms. The van der Waals surface area contributed by atoms with Crippen LogP contribution in [0.3, 0.4) is 0 Å². The number of amidine groups is 1. The first-order chi connectivity index (χ1) is 14.6. The molecule has 0 amide bonds. The van der Waals surface area contributed by atoms with Crippen molar-refractivity contribution >= 4 is 16.9 Å². The van der Waals surface area contributed by atoms with Crippen molar-refractivity contribution in [2.45, 2.75) is 51.4 Å². The van der Waals surface area contributed by atoms with E-state index in [4.69, 9.17) is 4.99 Å². The number of pyridine rings is 1. The summed E-state index contributed by atoms with van der Waals surface area (Å²) in [4.78, 5) is 12.3. The van der Waals surface area contributed by atoms with Crippen molar-refractivity contribution in [2.24, 2.45) is 4.99 Å². The lowest BCUT2D eigenvalue weighted by Crippen LogP contribution is -2.29. The van der Waals surface area contributed by atoms with Crippen LogP contribution in [-0.2, 0) is 6.42 Å². The van der Waals surface area contributed by atoms with E-state index in [0.717, 1.165) is 18.7 Å². The summed E-state index contributed by atoms with van der Waals surface area (Å²) in [5.74, 6) is 0. The highest BCUT2D eigenvalue weighted by atomic mass is 32.2. The summed E-state index contributed by atoms with van der Waals surface area (Å²) in [7, 11) is 0. The van der Waals surface area contributed by atoms with Crippen LogP contribution in [0, 0.1) is 13.8 Å². The summed E-state index contributed by atoms with van der Waals surface area (Å²) in [5.41, 5.74) is 7.66. The molecule has 0 spiro atoms. The molecule has 154 valence electrons. The predicted molar refractivity (Wildman–Crippen MR) is 126 cm³/mol. The van der Waals surface area contributed by atoms with E-state index in [1.807, 2.05) is 24.0 Å². The molecule has 4 heterocycles. The van der Waals surface area contributed by atoms with Crippen molar-refractivity contribution < 1.29 is 0 Å². The zero-order valence-corrected chi connectivity index (χ0v) is 18.9. The molecule has 0 aliphatic carbocycles. The molecule has 2 aliphatic rings. The molecular formula is C25H28N4S. The lowest BCUT2D eigenvalue weighted by atomic mass is 9.96. The van der Waals surface area contributed by atoms with E-state index >= 15 is 0 Å². The average Bonchev–Trinajstić information content (AvgIpc) is 3.38. The molecule has 2 aliphatic heterocycles. The van der Waals surface area contributed by atoms with Crippen LogP contribution in [0.25, 0.3) is 5.69 Å². The van der Waals surface area contributed by atoms with E-state index in [-0.39, 0.29) is 12.1 Å². The molecule has 4 nitrogen and oxygen atoms in total. The highest BCUT2D eigenvalue weighted by Crippen LogP contribution is 2.49. The van der Waals surface area contributed by atoms with Gasteiger partial charge in [-0.1, -0.05) is 49.9 Å². The van der Waals surface area contributed by atoms with E-state index in [1.54, 1.807) is 0 Å². The van der Waals surface area contributed by atoms with Crippen molar-refractivity contribution in [3.8, 4) is 5.69 Å². The van der Waals surface area contributed by atoms with Crippen molar-refractivity contribution in [3.05, 3.63) is 82.9 Å². The number of hydrogen-bond donors (Lipinski definition) is 0. The van der Waals surface area contributed by atoms with Gasteiger partial charge in [0.2, 0.25) is 0 Å². The second-order valence-electron chi connectivity index (χ2n) is 8.28. The molecule has 0 bridgehead atoms. The molecule has 2 aromatic heterocycles. The Morgan fingerprint density at radius 1 is 1.10 bits per heavy atom. The summed E-state index contributed by atoms with van der Waals surface area (Å²) in [6.07, 6.45) is 2.91. The Hall–Kier alpha value is -2.53. The number of aryl methyl sites for hydroxylation is 2. The van der Waals surface area contributed by atoms with E-state index < -0.39 is 0 Å². The summed E-state index contributed by atoms with van der Waals surface area (Å²) >= 11 is 1.89. The van der Waals surface area contributed by atoms with Gasteiger partial charge in [0.05, 0.1) is 11.7 Å². The van der Waals surface area contributed by atoms with Crippen LogP contribution in [0.5, 0.6) is 0 Å². The Morgan fingerprint density at radius 3 is 2.67 bits per heavy atom. The molecule has 1 aromatic carbocycles. The first-order valence-electron chi connectivity index (χ1n) is 10.8. The highest BCUT2D eigenvalue weighted by molar-refractivity contribution is 8.14. The maximum absolute atomic E-state index is 5.15. The van der Waals surface area contributed by atoms with Gasteiger partial charge in [-0.3, -0.25) is 9.98 Å². The minimum Gasteiger partial charge on any atom is -0.341 e. The summed E-state index contributed by atoms with van der Waals surface area (Å²) in [6.45, 7) is 10.0. The third-order valence-electron chi connectivity index (χ3n) is 6.28. The van der Waals surface area contributed by atoms with Gasteiger partial charge in [0.15, 0.2) is 5.17 Å². The van der Waals surface area contributed by atoms with Crippen molar-refractivity contribution in [2.75, 3.05) is 6.54 Å². The minimum atomic E-state index is 0.0385. The molecule has 0 radical (unpaired) electrons. The number of fused-ring (bicyclic) bond motifs is 1. The highest BCUT2D eigenvalue weighted by Gasteiger charge is 2.44. The number of aromatic nitrogens is 2. The number of para-hydroxylation sites is 1. The molecule has 0 N–H and O–H groups in total. The first-order valence-corrected chi connectivity index (χ1v) is 11.7. The molecule has 3 unspecified atom stereocenters. The fourth-order valence-corrected chi connectivity index (χ4v) is 6.03. The first kappa shape index (κ1) is 19.4. The number of thioether (sulfide) groups is 1. The topological polar surface area (TPSA) is 33.4 Å². The molecule has 3 aromatic rings. The Bertz CT molecular complexity index is 1100. The van der Waals surface area contributed by atoms with Crippen molar-refractivity contribution in [3.63, 3.8) is 0 Å². The van der Waals surface area contributed by atoms with Gasteiger partial charge in [0.1, 0.15) is 6.04 Å². The fraction of sp³-hybridized carbons (Fsp3) is 0.360. The lowest BCUT2D eigenvalue weighted by molar-refractivity contribution is 0.320. The lowest BCUT2D eigenvalue weighted by Gasteiger charge is -2.27. The molecule has 30 heavy (non-hydrogen) atoms. The predicted octanol–water partition coefficient (Wildman–Crippen LogP) is 5.64. The van der Waals surface area contributed by atoms with Crippen LogP contribution in [0.15, 0.2) is 59.7 Å². The third kappa shape index (κ3) is 3.07. The maximum atomic E-state index is 5.15. The van der Waals surface area contributed by atoms with Crippen LogP contribution in [0.1, 0.15) is 54.1 Å². The Balaban J connectivity index is 1.64. The number of aliphatic imine (C=N–C) groups is 1. The molecule has 1 fully saturated rings. The SMILES string of the molecule is CCc1ccccc1-n1c(C)cc(C2C(c3ccccn3)N=C3SC(C)CN32)c1C. The summed E-state index contributed by atoms with van der Waals surface area (Å²) < 4.78 is 2.42. The number of nitrogens with zero attached hydrogens (tertiary/aromatic N) is 4. The minimum absolute atomic E-state index is 0.0385. The van der Waals surface area contributed by atoms with Crippen molar-refractivity contribution in [1.29, 1.82) is 0 Å². The number of rotatable bonds is 4. The Labute approximate surface area is 183 Å². The maximum Gasteiger partial charge on any atom is 0.160 e. The fourth-order valence-electron chi connectivity index (χ4n) is 4.94. The quantitative estimate of drug-likeness (QED) is 0.552. The molecule has 1 saturated heterocycles. The van der Waals surface area contributed by atoms with E-state index in [9.17, 15) is 0 Å². The molecule has 0 saturated carbocycles. The Morgan fingerprint density at radius 2 is 1.90 bits per heavy atom. The van der Waals surface area contributed by atoms with E-state index in [1.165, 1.54) is 33.4 Å². The van der Waals surface area contributed by atoms with Crippen LogP contribution < -0.4 is 0 Å². The third-order valence-corrected chi connectivity index (χ3v) is 7.39. The number of benzene rings is 1. The van der Waals surface area contributed by atoms with Crippen LogP contribution in [0.2, 0.25) is 0 Å². The van der Waals surface area contributed by atoms with Crippen LogP contribution >= 0.6 is 11.8 Å². The van der Waals surface area contributed by atoms with Gasteiger partial charge in [0, 0.05) is 35.1 Å². The average molecular weight is 417 g/mol. The second kappa shape index (κ2) is 7.62. The molecule has 5 rings (SSSR count). The molecular weight excluding hydrogens is 388 g/mol. The zero-order chi connectivity index (χ0) is 20.8. The number of hydrogen-bond acceptors (Lipinski definition) is 4. The van der Waals surface area contributed by atoms with Crippen LogP contribution in [-0.4, -0.2) is 31.4 Å². The van der Waals surface area contributed by atoms with Gasteiger partial charge in [-0.2, -0.15) is 0 Å². The van der Waals surface area contributed by atoms with Gasteiger partial charge in [-0.15, -0.1) is 0 Å². The van der Waals surface area contributed by atoms with Gasteiger partial charge in [-0.25, -0.2) is 0 Å². The van der Waals surface area contributed by atoms with Gasteiger partial charge in [0.25, 0.3) is 0 Å². The van der Waals surface area contributed by atoms with E-state index in [2.05, 4.69) is 84.6 Å². The van der Waals surface area contributed by atoms with Crippen LogP contribution in [0.4, 0.5) is 0 Å². The van der Waals surface area contributed by atoms with Gasteiger partial charge in [-0.05, 0) is 55.7 Å². The Kier molecular flexibility index (Phi) is 4.94. The normalized spacial score (nSPS) is 23.0. The van der Waals surface area contributed by atoms with Crippen molar-refractivity contribution in [1.82, 2.24) is 14.5 Å². The largest absolute Gasteiger partial charge is 0.341 e. The second-order valence-corrected chi connectivity index (χ2v) is 9.69. The standard InChI is InChI=1S/C25H28N4S/c1-5-19-10-6-7-12-22(19)29-16(2)14-20(18(29)4)24-23(21-11-8-9-13-26-21)27-25-28(24)15-17(3)30-25/h6-14,17,23-24H,5,15H2,1-4H3. The monoisotopic (exact) mass is 416 g/mol. The summed E-state index contributed by atoms with van der Waals surface area (Å²) in [5, 5.41) is 1.74. The smallest absolute Gasteiger partial charge is 0.160 e. The molecule has 3 atom stereocenters.